The molecule has 40 heavy (non-hydrogen) atoms. The molecule has 0 radical (unpaired) electrons. The van der Waals surface area contributed by atoms with Gasteiger partial charge in [-0.05, 0) is 37.3 Å². The molecule has 0 aliphatic rings. The van der Waals surface area contributed by atoms with Gasteiger partial charge in [-0.3, -0.25) is 9.59 Å². The lowest BCUT2D eigenvalue weighted by Crippen LogP contribution is -2.27. The number of pyridine rings is 1. The van der Waals surface area contributed by atoms with Crippen LogP contribution in [0.3, 0.4) is 0 Å². The molecule has 0 spiro atoms. The Hall–Kier alpha value is -4.50. The highest BCUT2D eigenvalue weighted by Crippen LogP contribution is 2.35. The van der Waals surface area contributed by atoms with Crippen LogP contribution in [-0.4, -0.2) is 30.8 Å². The number of rotatable bonds is 8. The van der Waals surface area contributed by atoms with Crippen LogP contribution in [-0.2, 0) is 12.7 Å². The summed E-state index contributed by atoms with van der Waals surface area (Å²) < 4.78 is 97.8. The zero-order valence-electron chi connectivity index (χ0n) is 20.5. The second-order valence-electron chi connectivity index (χ2n) is 8.84. The summed E-state index contributed by atoms with van der Waals surface area (Å²) in [4.78, 5) is 31.6. The van der Waals surface area contributed by atoms with Gasteiger partial charge in [-0.1, -0.05) is 0 Å². The number of fused-ring (bicyclic) bond motifs is 1. The summed E-state index contributed by atoms with van der Waals surface area (Å²) in [6.45, 7) is 1.54. The maximum absolute atomic E-state index is 15.1. The average Bonchev–Trinajstić information content (AvgIpc) is 2.86. The second kappa shape index (κ2) is 10.9. The standard InChI is InChI=1S/C24H20F7N7O2/c1-10(35-14-9-34-37-21(39)16(14)24(29,30)31)3-2-5-38-6-4-11-7-12(17(25)18(26)15(11)22(38)40)19-13(20(27)28)8-33-23(32)36-19/h4,6-10,20H,2-3,5H2,1H3,(H2,32,33,36)(H2,35,37,39)/t10-/m0/s1. The van der Waals surface area contributed by atoms with E-state index in [0.29, 0.717) is 6.20 Å². The average molecular weight is 571 g/mol. The highest BCUT2D eigenvalue weighted by atomic mass is 19.4. The number of alkyl halides is 5. The Morgan fingerprint density at radius 3 is 2.55 bits per heavy atom. The molecule has 0 saturated carbocycles. The van der Waals surface area contributed by atoms with Crippen molar-refractivity contribution in [2.24, 2.45) is 0 Å². The Morgan fingerprint density at radius 2 is 1.88 bits per heavy atom. The van der Waals surface area contributed by atoms with Crippen molar-refractivity contribution >= 4 is 22.4 Å². The van der Waals surface area contributed by atoms with E-state index in [0.717, 1.165) is 16.8 Å². The first-order valence-electron chi connectivity index (χ1n) is 11.6. The molecule has 0 fully saturated rings. The number of nitrogens with one attached hydrogen (secondary N) is 2. The van der Waals surface area contributed by atoms with Gasteiger partial charge in [0.25, 0.3) is 17.5 Å². The molecule has 0 aliphatic heterocycles. The van der Waals surface area contributed by atoms with E-state index in [9.17, 15) is 31.5 Å². The van der Waals surface area contributed by atoms with E-state index in [4.69, 9.17) is 5.73 Å². The van der Waals surface area contributed by atoms with Crippen LogP contribution in [0.25, 0.3) is 22.0 Å². The van der Waals surface area contributed by atoms with E-state index in [-0.39, 0.29) is 24.8 Å². The Labute approximate surface area is 219 Å². The van der Waals surface area contributed by atoms with Crippen molar-refractivity contribution in [1.82, 2.24) is 24.7 Å². The Kier molecular flexibility index (Phi) is 7.79. The number of nitrogens with zero attached hydrogens (tertiary/aromatic N) is 4. The van der Waals surface area contributed by atoms with Crippen molar-refractivity contribution in [2.75, 3.05) is 11.1 Å². The number of hydrogen-bond acceptors (Lipinski definition) is 7. The van der Waals surface area contributed by atoms with E-state index in [1.165, 1.54) is 12.3 Å². The van der Waals surface area contributed by atoms with Gasteiger partial charge in [-0.15, -0.1) is 0 Å². The minimum absolute atomic E-state index is 0.0126. The van der Waals surface area contributed by atoms with Gasteiger partial charge in [0.1, 0.15) is 5.56 Å². The highest BCUT2D eigenvalue weighted by Gasteiger charge is 2.37. The third kappa shape index (κ3) is 5.60. The molecule has 4 aromatic rings. The number of aromatic amines is 1. The SMILES string of the molecule is C[C@@H](CCCn1ccc2cc(-c3nc(N)ncc3C(F)F)c(F)c(F)c2c1=O)Nc1cn[nH]c(=O)c1C(F)(F)F. The number of H-pyrrole nitrogens is 1. The van der Waals surface area contributed by atoms with Gasteiger partial charge in [0.2, 0.25) is 5.95 Å². The summed E-state index contributed by atoms with van der Waals surface area (Å²) in [6, 6.07) is 1.70. The summed E-state index contributed by atoms with van der Waals surface area (Å²) in [6.07, 6.45) is -4.77. The lowest BCUT2D eigenvalue weighted by Gasteiger charge is -2.18. The first-order valence-corrected chi connectivity index (χ1v) is 11.6. The number of nitrogen functional groups attached to an aromatic ring is 1. The minimum atomic E-state index is -4.92. The molecular formula is C24H20F7N7O2. The maximum Gasteiger partial charge on any atom is 0.423 e. The van der Waals surface area contributed by atoms with Gasteiger partial charge in [0, 0.05) is 30.5 Å². The van der Waals surface area contributed by atoms with Gasteiger partial charge in [0.05, 0.1) is 28.5 Å². The van der Waals surface area contributed by atoms with Crippen LogP contribution in [0.2, 0.25) is 0 Å². The van der Waals surface area contributed by atoms with E-state index in [1.807, 2.05) is 0 Å². The lowest BCUT2D eigenvalue weighted by atomic mass is 10.0. The minimum Gasteiger partial charge on any atom is -0.381 e. The van der Waals surface area contributed by atoms with Crippen molar-refractivity contribution in [3.63, 3.8) is 0 Å². The molecule has 4 rings (SSSR count). The topological polar surface area (TPSA) is 132 Å². The molecule has 0 saturated heterocycles. The number of benzene rings is 1. The van der Waals surface area contributed by atoms with E-state index in [2.05, 4.69) is 20.4 Å². The molecule has 1 atom stereocenters. The number of aryl methyl sites for hydroxylation is 1. The van der Waals surface area contributed by atoms with Gasteiger partial charge < -0.3 is 15.6 Å². The molecule has 0 aliphatic carbocycles. The highest BCUT2D eigenvalue weighted by molar-refractivity contribution is 5.87. The predicted molar refractivity (Wildman–Crippen MR) is 131 cm³/mol. The van der Waals surface area contributed by atoms with Gasteiger partial charge in [0.15, 0.2) is 11.6 Å². The molecule has 9 nitrogen and oxygen atoms in total. The van der Waals surface area contributed by atoms with Crippen molar-refractivity contribution < 1.29 is 30.7 Å². The molecule has 0 bridgehead atoms. The molecule has 212 valence electrons. The maximum atomic E-state index is 15.1. The number of hydrogen-bond donors (Lipinski definition) is 3. The smallest absolute Gasteiger partial charge is 0.381 e. The first-order chi connectivity index (χ1) is 18.8. The Balaban J connectivity index is 1.56. The molecule has 3 heterocycles. The fraction of sp³-hybridized carbons (Fsp3) is 0.292. The van der Waals surface area contributed by atoms with Crippen LogP contribution in [0.5, 0.6) is 0 Å². The van der Waals surface area contributed by atoms with Crippen LogP contribution >= 0.6 is 0 Å². The van der Waals surface area contributed by atoms with E-state index < -0.39 is 80.8 Å². The van der Waals surface area contributed by atoms with Gasteiger partial charge in [-0.25, -0.2) is 32.6 Å². The fourth-order valence-corrected chi connectivity index (χ4v) is 4.20. The van der Waals surface area contributed by atoms with E-state index in [1.54, 1.807) is 12.0 Å². The Bertz CT molecular complexity index is 1690. The Morgan fingerprint density at radius 1 is 1.15 bits per heavy atom. The first kappa shape index (κ1) is 28.5. The third-order valence-corrected chi connectivity index (χ3v) is 6.05. The normalized spacial score (nSPS) is 12.7. The number of aromatic nitrogens is 5. The summed E-state index contributed by atoms with van der Waals surface area (Å²) in [5, 5.41) is 6.97. The van der Waals surface area contributed by atoms with E-state index >= 15 is 8.78 Å². The van der Waals surface area contributed by atoms with Crippen molar-refractivity contribution in [2.45, 2.75) is 45.0 Å². The number of nitrogens with two attached hydrogens (primary N) is 1. The fourth-order valence-electron chi connectivity index (χ4n) is 4.20. The summed E-state index contributed by atoms with van der Waals surface area (Å²) in [7, 11) is 0. The van der Waals surface area contributed by atoms with Crippen LogP contribution in [0.4, 0.5) is 42.4 Å². The van der Waals surface area contributed by atoms with Crippen molar-refractivity contribution in [1.29, 1.82) is 0 Å². The monoisotopic (exact) mass is 571 g/mol. The summed E-state index contributed by atoms with van der Waals surface area (Å²) in [5.74, 6) is -3.59. The van der Waals surface area contributed by atoms with Crippen LogP contribution in [0.1, 0.15) is 37.3 Å². The quantitative estimate of drug-likeness (QED) is 0.263. The molecule has 1 aromatic carbocycles. The molecule has 0 amide bonds. The molecule has 4 N–H and O–H groups in total. The molecule has 0 unspecified atom stereocenters. The van der Waals surface area contributed by atoms with Gasteiger partial charge in [-0.2, -0.15) is 18.3 Å². The van der Waals surface area contributed by atoms with Gasteiger partial charge >= 0.3 is 6.18 Å². The summed E-state index contributed by atoms with van der Waals surface area (Å²) in [5.41, 5.74) is -0.827. The number of anilines is 2. The zero-order valence-corrected chi connectivity index (χ0v) is 20.5. The molecule has 3 aromatic heterocycles. The van der Waals surface area contributed by atoms with Crippen LogP contribution in [0, 0.1) is 11.6 Å². The summed E-state index contributed by atoms with van der Waals surface area (Å²) >= 11 is 0. The predicted octanol–water partition coefficient (Wildman–Crippen LogP) is 4.64. The third-order valence-electron chi connectivity index (χ3n) is 6.05. The second-order valence-corrected chi connectivity index (χ2v) is 8.84. The lowest BCUT2D eigenvalue weighted by molar-refractivity contribution is -0.138. The van der Waals surface area contributed by atoms with Crippen LogP contribution < -0.4 is 22.2 Å². The number of halogens is 7. The van der Waals surface area contributed by atoms with Crippen molar-refractivity contribution in [3.8, 4) is 11.3 Å². The van der Waals surface area contributed by atoms with Crippen LogP contribution in [0.15, 0.2) is 40.3 Å². The largest absolute Gasteiger partial charge is 0.423 e. The molecule has 16 heteroatoms. The molecular weight excluding hydrogens is 551 g/mol. The van der Waals surface area contributed by atoms with Crippen molar-refractivity contribution in [3.05, 3.63) is 74.2 Å². The zero-order chi connectivity index (χ0) is 29.4.